The maximum Gasteiger partial charge on any atom is 0.138 e. The summed E-state index contributed by atoms with van der Waals surface area (Å²) in [7, 11) is 0. The number of rotatable bonds is 3. The van der Waals surface area contributed by atoms with Crippen LogP contribution < -0.4 is 0 Å². The molecule has 3 heterocycles. The summed E-state index contributed by atoms with van der Waals surface area (Å²) in [4.78, 5) is 17.2. The molecule has 0 bridgehead atoms. The second-order valence-corrected chi connectivity index (χ2v) is 8.16. The highest BCUT2D eigenvalue weighted by molar-refractivity contribution is 7.21. The summed E-state index contributed by atoms with van der Waals surface area (Å²) in [6, 6.07) is 27.1. The summed E-state index contributed by atoms with van der Waals surface area (Å²) in [6.07, 6.45) is 3.64. The van der Waals surface area contributed by atoms with Gasteiger partial charge in [0, 0.05) is 23.5 Å². The Hall–Kier alpha value is -3.83. The summed E-state index contributed by atoms with van der Waals surface area (Å²) >= 11 is 1.65. The zero-order valence-corrected chi connectivity index (χ0v) is 16.7. The van der Waals surface area contributed by atoms with Gasteiger partial charge in [0.2, 0.25) is 0 Å². The first-order valence-corrected chi connectivity index (χ1v) is 10.5. The number of aromatic nitrogens is 4. The van der Waals surface area contributed by atoms with E-state index in [-0.39, 0.29) is 0 Å². The van der Waals surface area contributed by atoms with E-state index in [0.717, 1.165) is 43.2 Å². The third-order valence-corrected chi connectivity index (χ3v) is 6.22. The van der Waals surface area contributed by atoms with Gasteiger partial charge in [-0.15, -0.1) is 11.3 Å². The van der Waals surface area contributed by atoms with Crippen LogP contribution in [-0.4, -0.2) is 19.9 Å². The number of imidazole rings is 1. The number of nitrogens with one attached hydrogen (secondary N) is 1. The van der Waals surface area contributed by atoms with Crippen molar-refractivity contribution in [3.63, 3.8) is 0 Å². The van der Waals surface area contributed by atoms with Gasteiger partial charge in [-0.2, -0.15) is 0 Å². The van der Waals surface area contributed by atoms with E-state index >= 15 is 0 Å². The molecule has 3 aromatic heterocycles. The Morgan fingerprint density at radius 3 is 2.43 bits per heavy atom. The first kappa shape index (κ1) is 17.1. The Labute approximate surface area is 176 Å². The van der Waals surface area contributed by atoms with Gasteiger partial charge in [0.1, 0.15) is 10.8 Å². The highest BCUT2D eigenvalue weighted by Crippen LogP contribution is 2.32. The topological polar surface area (TPSA) is 54.5 Å². The molecule has 0 saturated carbocycles. The van der Waals surface area contributed by atoms with E-state index in [9.17, 15) is 0 Å². The molecule has 0 saturated heterocycles. The lowest BCUT2D eigenvalue weighted by molar-refractivity contribution is 1.34. The van der Waals surface area contributed by atoms with Gasteiger partial charge < -0.3 is 4.98 Å². The van der Waals surface area contributed by atoms with Crippen molar-refractivity contribution in [1.82, 2.24) is 19.9 Å². The normalized spacial score (nSPS) is 11.3. The Balaban J connectivity index is 1.41. The zero-order chi connectivity index (χ0) is 19.9. The number of benzene rings is 3. The maximum atomic E-state index is 4.81. The molecule has 5 heteroatoms. The lowest BCUT2D eigenvalue weighted by atomic mass is 10.0. The summed E-state index contributed by atoms with van der Waals surface area (Å²) in [5.41, 5.74) is 7.46. The fourth-order valence-electron chi connectivity index (χ4n) is 3.66. The van der Waals surface area contributed by atoms with Crippen molar-refractivity contribution in [2.45, 2.75) is 0 Å². The summed E-state index contributed by atoms with van der Waals surface area (Å²) in [5, 5.41) is 0.988. The molecule has 6 aromatic rings. The van der Waals surface area contributed by atoms with Crippen molar-refractivity contribution in [3.05, 3.63) is 91.3 Å². The first-order valence-electron chi connectivity index (χ1n) is 9.70. The number of hydrogen-bond acceptors (Lipinski definition) is 4. The van der Waals surface area contributed by atoms with Crippen LogP contribution in [0.2, 0.25) is 0 Å². The molecule has 0 aliphatic carbocycles. The van der Waals surface area contributed by atoms with Crippen LogP contribution >= 0.6 is 11.3 Å². The molecule has 0 spiro atoms. The van der Waals surface area contributed by atoms with Gasteiger partial charge in [0.25, 0.3) is 0 Å². The number of hydrogen-bond donors (Lipinski definition) is 1. The molecule has 142 valence electrons. The molecule has 0 radical (unpaired) electrons. The van der Waals surface area contributed by atoms with Crippen LogP contribution in [0.5, 0.6) is 0 Å². The summed E-state index contributed by atoms with van der Waals surface area (Å²) in [5.74, 6) is 0.869. The predicted molar refractivity (Wildman–Crippen MR) is 123 cm³/mol. The monoisotopic (exact) mass is 404 g/mol. The van der Waals surface area contributed by atoms with Crippen molar-refractivity contribution in [3.8, 4) is 33.1 Å². The third-order valence-electron chi connectivity index (χ3n) is 5.16. The highest BCUT2D eigenvalue weighted by Gasteiger charge is 2.11. The minimum absolute atomic E-state index is 0.869. The Kier molecular flexibility index (Phi) is 3.92. The number of pyridine rings is 1. The van der Waals surface area contributed by atoms with E-state index in [2.05, 4.69) is 76.7 Å². The molecule has 0 atom stereocenters. The van der Waals surface area contributed by atoms with Crippen molar-refractivity contribution < 1.29 is 0 Å². The molecule has 6 rings (SSSR count). The van der Waals surface area contributed by atoms with Crippen LogP contribution in [0.25, 0.3) is 54.3 Å². The maximum absolute atomic E-state index is 4.81. The molecule has 0 unspecified atom stereocenters. The number of aromatic amines is 1. The Morgan fingerprint density at radius 2 is 1.53 bits per heavy atom. The van der Waals surface area contributed by atoms with Gasteiger partial charge in [0.05, 0.1) is 21.3 Å². The van der Waals surface area contributed by atoms with E-state index in [1.54, 1.807) is 17.5 Å². The van der Waals surface area contributed by atoms with E-state index in [4.69, 9.17) is 9.97 Å². The van der Waals surface area contributed by atoms with Crippen molar-refractivity contribution in [2.75, 3.05) is 0 Å². The number of fused-ring (bicyclic) bond motifs is 2. The Morgan fingerprint density at radius 1 is 0.667 bits per heavy atom. The standard InChI is InChI=1S/C25H16N4S/c1-2-5-16(6-3-1)17-7-4-8-18(13-17)24-27-20-10-9-19(14-22(20)28-24)25-29-21-11-12-26-15-23(21)30-25/h1-15H,(H,27,28). The fourth-order valence-corrected chi connectivity index (χ4v) is 4.59. The number of thiazole rings is 1. The SMILES string of the molecule is c1ccc(-c2cccc(-c3nc4ccc(-c5nc6ccncc6s5)cc4[nH]3)c2)cc1. The second kappa shape index (κ2) is 6.90. The third kappa shape index (κ3) is 2.96. The lowest BCUT2D eigenvalue weighted by Crippen LogP contribution is -1.82. The highest BCUT2D eigenvalue weighted by atomic mass is 32.1. The summed E-state index contributed by atoms with van der Waals surface area (Å²) in [6.45, 7) is 0. The van der Waals surface area contributed by atoms with Gasteiger partial charge >= 0.3 is 0 Å². The van der Waals surface area contributed by atoms with Crippen molar-refractivity contribution >= 4 is 32.6 Å². The van der Waals surface area contributed by atoms with Gasteiger partial charge in [-0.3, -0.25) is 4.98 Å². The van der Waals surface area contributed by atoms with Gasteiger partial charge in [-0.25, -0.2) is 9.97 Å². The van der Waals surface area contributed by atoms with Crippen LogP contribution in [0, 0.1) is 0 Å². The van der Waals surface area contributed by atoms with Gasteiger partial charge in [-0.1, -0.05) is 48.5 Å². The van der Waals surface area contributed by atoms with Gasteiger partial charge in [-0.05, 0) is 41.5 Å². The van der Waals surface area contributed by atoms with Crippen LogP contribution in [0.4, 0.5) is 0 Å². The van der Waals surface area contributed by atoms with Crippen LogP contribution in [0.1, 0.15) is 0 Å². The zero-order valence-electron chi connectivity index (χ0n) is 15.9. The van der Waals surface area contributed by atoms with Gasteiger partial charge in [0.15, 0.2) is 0 Å². The number of H-pyrrole nitrogens is 1. The van der Waals surface area contributed by atoms with E-state index < -0.39 is 0 Å². The molecule has 4 nitrogen and oxygen atoms in total. The van der Waals surface area contributed by atoms with E-state index in [1.165, 1.54) is 11.1 Å². The molecular formula is C25H16N4S. The molecule has 3 aromatic carbocycles. The van der Waals surface area contributed by atoms with Crippen molar-refractivity contribution in [2.24, 2.45) is 0 Å². The van der Waals surface area contributed by atoms with Crippen LogP contribution in [0.3, 0.4) is 0 Å². The average Bonchev–Trinajstić information content (AvgIpc) is 3.43. The predicted octanol–water partition coefficient (Wildman–Crippen LogP) is 6.57. The minimum atomic E-state index is 0.869. The van der Waals surface area contributed by atoms with E-state index in [0.29, 0.717) is 0 Å². The molecule has 1 N–H and O–H groups in total. The largest absolute Gasteiger partial charge is 0.338 e. The molecule has 0 aliphatic rings. The molecule has 30 heavy (non-hydrogen) atoms. The van der Waals surface area contributed by atoms with Crippen LogP contribution in [0.15, 0.2) is 91.3 Å². The summed E-state index contributed by atoms with van der Waals surface area (Å²) < 4.78 is 1.09. The smallest absolute Gasteiger partial charge is 0.138 e. The second-order valence-electron chi connectivity index (χ2n) is 7.13. The fraction of sp³-hybridized carbons (Fsp3) is 0. The Bertz CT molecular complexity index is 1470. The molecule has 0 amide bonds. The quantitative estimate of drug-likeness (QED) is 0.363. The molecule has 0 aliphatic heterocycles. The van der Waals surface area contributed by atoms with E-state index in [1.807, 2.05) is 18.3 Å². The molecular weight excluding hydrogens is 388 g/mol. The molecule has 0 fully saturated rings. The van der Waals surface area contributed by atoms with Crippen LogP contribution in [-0.2, 0) is 0 Å². The number of nitrogens with zero attached hydrogens (tertiary/aromatic N) is 3. The lowest BCUT2D eigenvalue weighted by Gasteiger charge is -2.03. The first-order chi connectivity index (χ1) is 14.8. The van der Waals surface area contributed by atoms with Crippen molar-refractivity contribution in [1.29, 1.82) is 0 Å². The average molecular weight is 404 g/mol. The minimum Gasteiger partial charge on any atom is -0.338 e.